The van der Waals surface area contributed by atoms with Crippen molar-refractivity contribution in [3.63, 3.8) is 0 Å². The number of rotatable bonds is 3. The minimum Gasteiger partial charge on any atom is -0.207 e. The highest BCUT2D eigenvalue weighted by Gasteiger charge is 2.27. The van der Waals surface area contributed by atoms with E-state index in [2.05, 4.69) is 57.4 Å². The van der Waals surface area contributed by atoms with Crippen LogP contribution in [-0.4, -0.2) is 8.07 Å². The van der Waals surface area contributed by atoms with E-state index in [1.807, 2.05) is 13.0 Å². The first-order chi connectivity index (χ1) is 10.1. The van der Waals surface area contributed by atoms with Gasteiger partial charge in [0.2, 0.25) is 5.69 Å². The maximum Gasteiger partial charge on any atom is 0.212 e. The van der Waals surface area contributed by atoms with Crippen LogP contribution in [0, 0.1) is 12.7 Å². The monoisotopic (exact) mass is 316 g/mol. The number of halogens is 1. The summed E-state index contributed by atoms with van der Waals surface area (Å²) in [7, 11) is 0.638. The van der Waals surface area contributed by atoms with E-state index in [0.717, 1.165) is 11.1 Å². The Kier molecular flexibility index (Phi) is 4.57. The Morgan fingerprint density at radius 2 is 1.73 bits per heavy atom. The van der Waals surface area contributed by atoms with E-state index in [0.29, 0.717) is 5.92 Å². The van der Waals surface area contributed by atoms with Crippen molar-refractivity contribution >= 4 is 13.3 Å². The molecule has 0 fully saturated rings. The molecule has 0 spiro atoms. The number of nitrogens with zero attached hydrogens (tertiary/aromatic N) is 1. The molecule has 0 aliphatic rings. The van der Waals surface area contributed by atoms with Crippen LogP contribution in [0.4, 0.5) is 4.39 Å². The number of pyridine rings is 1. The first kappa shape index (κ1) is 16.9. The van der Waals surface area contributed by atoms with E-state index in [1.54, 1.807) is 12.1 Å². The van der Waals surface area contributed by atoms with Crippen LogP contribution in [0.15, 0.2) is 30.5 Å². The lowest BCUT2D eigenvalue weighted by molar-refractivity contribution is -0.660. The summed E-state index contributed by atoms with van der Waals surface area (Å²) < 4.78 is 15.6. The smallest absolute Gasteiger partial charge is 0.207 e. The Balaban J connectivity index is 2.73. The van der Waals surface area contributed by atoms with E-state index in [1.165, 1.54) is 16.4 Å². The Morgan fingerprint density at radius 3 is 2.23 bits per heavy atom. The summed E-state index contributed by atoms with van der Waals surface area (Å²) in [5, 5.41) is 1.50. The minimum absolute atomic E-state index is 0.173. The van der Waals surface area contributed by atoms with Crippen LogP contribution in [0.1, 0.15) is 30.9 Å². The highest BCUT2D eigenvalue weighted by Crippen LogP contribution is 2.23. The van der Waals surface area contributed by atoms with Gasteiger partial charge in [-0.25, -0.2) is 8.96 Å². The molecule has 2 aromatic rings. The van der Waals surface area contributed by atoms with Crippen molar-refractivity contribution in [1.82, 2.24) is 0 Å². The van der Waals surface area contributed by atoms with Crippen LogP contribution < -0.4 is 9.75 Å². The van der Waals surface area contributed by atoms with E-state index in [4.69, 9.17) is 0 Å². The molecule has 1 nitrogen and oxygen atoms in total. The molecule has 0 bridgehead atoms. The normalized spacial score (nSPS) is 12.0. The van der Waals surface area contributed by atoms with Gasteiger partial charge in [-0.3, -0.25) is 0 Å². The number of aromatic nitrogens is 1. The van der Waals surface area contributed by atoms with Gasteiger partial charge in [0.05, 0.1) is 8.07 Å². The van der Waals surface area contributed by atoms with Crippen LogP contribution in [0.25, 0.3) is 11.3 Å². The average Bonchev–Trinajstić information content (AvgIpc) is 2.37. The van der Waals surface area contributed by atoms with Crippen molar-refractivity contribution in [2.24, 2.45) is 7.05 Å². The molecule has 0 unspecified atom stereocenters. The van der Waals surface area contributed by atoms with Gasteiger partial charge in [-0.2, -0.15) is 0 Å². The van der Waals surface area contributed by atoms with Gasteiger partial charge in [-0.1, -0.05) is 33.5 Å². The van der Waals surface area contributed by atoms with E-state index < -0.39 is 8.07 Å². The SMILES string of the molecule is Cc1cc(F)ccc1-c1cc([Si](C)(C)C)c(C(C)C)c[n+]1C. The van der Waals surface area contributed by atoms with Crippen molar-refractivity contribution < 1.29 is 8.96 Å². The molecule has 0 aliphatic heterocycles. The van der Waals surface area contributed by atoms with Gasteiger partial charge in [0.15, 0.2) is 6.20 Å². The molecule has 22 heavy (non-hydrogen) atoms. The summed E-state index contributed by atoms with van der Waals surface area (Å²) in [6.45, 7) is 13.6. The first-order valence-electron chi connectivity index (χ1n) is 7.92. The molecule has 0 N–H and O–H groups in total. The molecule has 3 heteroatoms. The molecule has 1 aromatic heterocycles. The van der Waals surface area contributed by atoms with E-state index in [-0.39, 0.29) is 5.82 Å². The summed E-state index contributed by atoms with van der Waals surface area (Å²) in [6.07, 6.45) is 2.26. The molecule has 1 aromatic carbocycles. The van der Waals surface area contributed by atoms with Gasteiger partial charge < -0.3 is 0 Å². The molecule has 0 atom stereocenters. The summed E-state index contributed by atoms with van der Waals surface area (Å²) in [5.74, 6) is 0.337. The molecule has 0 radical (unpaired) electrons. The molecule has 0 saturated carbocycles. The first-order valence-corrected chi connectivity index (χ1v) is 11.4. The van der Waals surface area contributed by atoms with Gasteiger partial charge in [-0.05, 0) is 41.8 Å². The predicted octanol–water partition coefficient (Wildman–Crippen LogP) is 4.29. The van der Waals surface area contributed by atoms with Crippen molar-refractivity contribution in [3.05, 3.63) is 47.4 Å². The van der Waals surface area contributed by atoms with Gasteiger partial charge in [0.25, 0.3) is 0 Å². The largest absolute Gasteiger partial charge is 0.212 e. The second kappa shape index (κ2) is 5.96. The molecule has 118 valence electrons. The van der Waals surface area contributed by atoms with Crippen LogP contribution >= 0.6 is 0 Å². The fourth-order valence-electron chi connectivity index (χ4n) is 2.96. The van der Waals surface area contributed by atoms with Crippen LogP contribution in [-0.2, 0) is 7.05 Å². The zero-order valence-electron chi connectivity index (χ0n) is 14.8. The maximum absolute atomic E-state index is 13.4. The lowest BCUT2D eigenvalue weighted by Gasteiger charge is -2.22. The number of hydrogen-bond acceptors (Lipinski definition) is 0. The highest BCUT2D eigenvalue weighted by atomic mass is 28.3. The zero-order valence-corrected chi connectivity index (χ0v) is 15.8. The maximum atomic E-state index is 13.4. The lowest BCUT2D eigenvalue weighted by Crippen LogP contribution is -2.45. The van der Waals surface area contributed by atoms with Crippen molar-refractivity contribution in [2.45, 2.75) is 46.3 Å². The summed E-state index contributed by atoms with van der Waals surface area (Å²) in [6, 6.07) is 7.39. The summed E-state index contributed by atoms with van der Waals surface area (Å²) in [5.41, 5.74) is 4.69. The molecule has 1 heterocycles. The lowest BCUT2D eigenvalue weighted by atomic mass is 10.0. The third-order valence-corrected chi connectivity index (χ3v) is 6.25. The number of aryl methyl sites for hydroxylation is 2. The predicted molar refractivity (Wildman–Crippen MR) is 94.8 cm³/mol. The standard InChI is InChI=1S/C19H27FNSi/c1-13(2)17-12-21(4)18(11-19(17)22(5,6)7)16-9-8-15(20)10-14(16)3/h8-13H,1-7H3/q+1. The molecule has 0 aliphatic carbocycles. The van der Waals surface area contributed by atoms with Crippen molar-refractivity contribution in [1.29, 1.82) is 0 Å². The molecule has 2 rings (SSSR count). The Bertz CT molecular complexity index is 699. The van der Waals surface area contributed by atoms with Gasteiger partial charge in [-0.15, -0.1) is 0 Å². The summed E-state index contributed by atoms with van der Waals surface area (Å²) in [4.78, 5) is 0. The van der Waals surface area contributed by atoms with Crippen molar-refractivity contribution in [2.75, 3.05) is 0 Å². The Hall–Kier alpha value is -1.48. The topological polar surface area (TPSA) is 3.88 Å². The third kappa shape index (κ3) is 3.30. The third-order valence-electron chi connectivity index (χ3n) is 4.20. The van der Waals surface area contributed by atoms with Crippen LogP contribution in [0.2, 0.25) is 19.6 Å². The highest BCUT2D eigenvalue weighted by molar-refractivity contribution is 6.89. The average molecular weight is 317 g/mol. The van der Waals surface area contributed by atoms with E-state index in [9.17, 15) is 4.39 Å². The van der Waals surface area contributed by atoms with Gasteiger partial charge >= 0.3 is 0 Å². The molecular weight excluding hydrogens is 289 g/mol. The molecular formula is C19H27FNSi+. The Labute approximate surface area is 134 Å². The minimum atomic E-state index is -1.44. The zero-order chi connectivity index (χ0) is 16.7. The molecule has 0 amide bonds. The Morgan fingerprint density at radius 1 is 1.09 bits per heavy atom. The van der Waals surface area contributed by atoms with Gasteiger partial charge in [0.1, 0.15) is 12.9 Å². The summed E-state index contributed by atoms with van der Waals surface area (Å²) >= 11 is 0. The fraction of sp³-hybridized carbons (Fsp3) is 0.421. The number of hydrogen-bond donors (Lipinski definition) is 0. The second-order valence-corrected chi connectivity index (χ2v) is 12.5. The second-order valence-electron chi connectivity index (χ2n) is 7.50. The van der Waals surface area contributed by atoms with Crippen LogP contribution in [0.3, 0.4) is 0 Å². The van der Waals surface area contributed by atoms with Crippen molar-refractivity contribution in [3.8, 4) is 11.3 Å². The number of benzene rings is 1. The van der Waals surface area contributed by atoms with E-state index >= 15 is 0 Å². The van der Waals surface area contributed by atoms with Gasteiger partial charge in [0, 0.05) is 17.2 Å². The fourth-order valence-corrected chi connectivity index (χ4v) is 4.75. The van der Waals surface area contributed by atoms with Crippen LogP contribution in [0.5, 0.6) is 0 Å². The quantitative estimate of drug-likeness (QED) is 0.587. The molecule has 0 saturated heterocycles.